The first-order valence-corrected chi connectivity index (χ1v) is 6.63. The SMILES string of the molecule is CN1CCC(C(=O)N(C)C2CCCCC2)C1. The van der Waals surface area contributed by atoms with Crippen LogP contribution in [0.15, 0.2) is 0 Å². The summed E-state index contributed by atoms with van der Waals surface area (Å²) in [6.45, 7) is 2.03. The topological polar surface area (TPSA) is 23.6 Å². The fourth-order valence-electron chi connectivity index (χ4n) is 3.07. The number of amides is 1. The lowest BCUT2D eigenvalue weighted by atomic mass is 9.93. The van der Waals surface area contributed by atoms with Crippen LogP contribution in [0.5, 0.6) is 0 Å². The molecule has 1 aliphatic heterocycles. The third-order valence-corrected chi connectivity index (χ3v) is 4.21. The molecule has 3 nitrogen and oxygen atoms in total. The van der Waals surface area contributed by atoms with Crippen LogP contribution in [-0.2, 0) is 4.79 Å². The maximum Gasteiger partial charge on any atom is 0.227 e. The normalized spacial score (nSPS) is 28.2. The van der Waals surface area contributed by atoms with Gasteiger partial charge in [0.2, 0.25) is 5.91 Å². The Balaban J connectivity index is 1.88. The molecule has 1 saturated heterocycles. The fraction of sp³-hybridized carbons (Fsp3) is 0.923. The van der Waals surface area contributed by atoms with E-state index in [2.05, 4.69) is 11.9 Å². The molecule has 0 aromatic carbocycles. The zero-order valence-corrected chi connectivity index (χ0v) is 10.6. The summed E-state index contributed by atoms with van der Waals surface area (Å²) in [4.78, 5) is 16.6. The molecule has 1 saturated carbocycles. The maximum absolute atomic E-state index is 12.3. The van der Waals surface area contributed by atoms with Gasteiger partial charge in [-0.3, -0.25) is 4.79 Å². The standard InChI is InChI=1S/C13H24N2O/c1-14-9-8-11(10-14)13(16)15(2)12-6-4-3-5-7-12/h11-12H,3-10H2,1-2H3. The van der Waals surface area contributed by atoms with E-state index < -0.39 is 0 Å². The van der Waals surface area contributed by atoms with Crippen LogP contribution in [0, 0.1) is 5.92 Å². The number of hydrogen-bond acceptors (Lipinski definition) is 2. The van der Waals surface area contributed by atoms with Gasteiger partial charge in [0, 0.05) is 19.6 Å². The molecule has 0 bridgehead atoms. The minimum absolute atomic E-state index is 0.261. The smallest absolute Gasteiger partial charge is 0.227 e. The van der Waals surface area contributed by atoms with Crippen LogP contribution in [0.4, 0.5) is 0 Å². The van der Waals surface area contributed by atoms with E-state index in [0.717, 1.165) is 19.5 Å². The van der Waals surface area contributed by atoms with E-state index in [1.807, 2.05) is 11.9 Å². The summed E-state index contributed by atoms with van der Waals surface area (Å²) in [6.07, 6.45) is 7.42. The molecule has 0 spiro atoms. The second-order valence-electron chi connectivity index (χ2n) is 5.49. The van der Waals surface area contributed by atoms with Gasteiger partial charge in [-0.25, -0.2) is 0 Å². The Hall–Kier alpha value is -0.570. The zero-order valence-electron chi connectivity index (χ0n) is 10.6. The minimum Gasteiger partial charge on any atom is -0.342 e. The molecule has 1 atom stereocenters. The maximum atomic E-state index is 12.3. The number of rotatable bonds is 2. The first-order valence-electron chi connectivity index (χ1n) is 6.63. The summed E-state index contributed by atoms with van der Waals surface area (Å²) in [7, 11) is 4.12. The van der Waals surface area contributed by atoms with Gasteiger partial charge < -0.3 is 9.80 Å². The average Bonchev–Trinajstić information content (AvgIpc) is 2.75. The highest BCUT2D eigenvalue weighted by Crippen LogP contribution is 2.24. The van der Waals surface area contributed by atoms with Gasteiger partial charge in [0.1, 0.15) is 0 Å². The Labute approximate surface area is 98.8 Å². The van der Waals surface area contributed by atoms with E-state index in [9.17, 15) is 4.79 Å². The molecule has 3 heteroatoms. The van der Waals surface area contributed by atoms with Gasteiger partial charge in [0.25, 0.3) is 0 Å². The van der Waals surface area contributed by atoms with Crippen molar-refractivity contribution in [2.45, 2.75) is 44.6 Å². The Bertz CT molecular complexity index is 248. The Morgan fingerprint density at radius 1 is 1.19 bits per heavy atom. The third-order valence-electron chi connectivity index (χ3n) is 4.21. The van der Waals surface area contributed by atoms with Gasteiger partial charge in [0.05, 0.1) is 5.92 Å². The summed E-state index contributed by atoms with van der Waals surface area (Å²) < 4.78 is 0. The lowest BCUT2D eigenvalue weighted by Gasteiger charge is -2.32. The Morgan fingerprint density at radius 3 is 2.44 bits per heavy atom. The zero-order chi connectivity index (χ0) is 11.5. The molecule has 0 radical (unpaired) electrons. The predicted octanol–water partition coefficient (Wildman–Crippen LogP) is 1.73. The lowest BCUT2D eigenvalue weighted by Crippen LogP contribution is -2.42. The van der Waals surface area contributed by atoms with Crippen molar-refractivity contribution >= 4 is 5.91 Å². The van der Waals surface area contributed by atoms with Gasteiger partial charge in [-0.1, -0.05) is 19.3 Å². The second kappa shape index (κ2) is 5.17. The van der Waals surface area contributed by atoms with Crippen molar-refractivity contribution in [3.63, 3.8) is 0 Å². The van der Waals surface area contributed by atoms with Crippen molar-refractivity contribution in [1.29, 1.82) is 0 Å². The summed E-state index contributed by atoms with van der Waals surface area (Å²) in [5, 5.41) is 0. The number of carbonyl (C=O) groups excluding carboxylic acids is 1. The Morgan fingerprint density at radius 2 is 1.88 bits per heavy atom. The minimum atomic E-state index is 0.261. The van der Waals surface area contributed by atoms with Gasteiger partial charge in [-0.2, -0.15) is 0 Å². The molecule has 0 aromatic rings. The third kappa shape index (κ3) is 2.57. The number of hydrogen-bond donors (Lipinski definition) is 0. The van der Waals surface area contributed by atoms with Crippen molar-refractivity contribution in [2.24, 2.45) is 5.92 Å². The van der Waals surface area contributed by atoms with Crippen LogP contribution in [-0.4, -0.2) is 48.9 Å². The number of carbonyl (C=O) groups is 1. The largest absolute Gasteiger partial charge is 0.342 e. The molecule has 0 N–H and O–H groups in total. The van der Waals surface area contributed by atoms with E-state index in [4.69, 9.17) is 0 Å². The lowest BCUT2D eigenvalue weighted by molar-refractivity contribution is -0.136. The Kier molecular flexibility index (Phi) is 3.85. The molecule has 1 aliphatic carbocycles. The monoisotopic (exact) mass is 224 g/mol. The van der Waals surface area contributed by atoms with Gasteiger partial charge >= 0.3 is 0 Å². The van der Waals surface area contributed by atoms with E-state index in [1.54, 1.807) is 0 Å². The summed E-state index contributed by atoms with van der Waals surface area (Å²) in [5.41, 5.74) is 0. The van der Waals surface area contributed by atoms with Crippen molar-refractivity contribution in [3.8, 4) is 0 Å². The number of nitrogens with zero attached hydrogens (tertiary/aromatic N) is 2. The summed E-state index contributed by atoms with van der Waals surface area (Å²) in [6, 6.07) is 0.521. The molecule has 16 heavy (non-hydrogen) atoms. The van der Waals surface area contributed by atoms with Crippen LogP contribution in [0.3, 0.4) is 0 Å². The first kappa shape index (κ1) is 11.9. The van der Waals surface area contributed by atoms with Gasteiger partial charge in [-0.15, -0.1) is 0 Å². The van der Waals surface area contributed by atoms with Crippen LogP contribution in [0.1, 0.15) is 38.5 Å². The first-order chi connectivity index (χ1) is 7.68. The van der Waals surface area contributed by atoms with Crippen molar-refractivity contribution < 1.29 is 4.79 Å². The van der Waals surface area contributed by atoms with E-state index in [-0.39, 0.29) is 5.92 Å². The van der Waals surface area contributed by atoms with Crippen molar-refractivity contribution in [2.75, 3.05) is 27.2 Å². The molecule has 2 rings (SSSR count). The van der Waals surface area contributed by atoms with Crippen LogP contribution < -0.4 is 0 Å². The van der Waals surface area contributed by atoms with Crippen LogP contribution >= 0.6 is 0 Å². The van der Waals surface area contributed by atoms with Crippen molar-refractivity contribution in [1.82, 2.24) is 9.80 Å². The van der Waals surface area contributed by atoms with E-state index in [0.29, 0.717) is 11.9 Å². The molecule has 92 valence electrons. The second-order valence-corrected chi connectivity index (χ2v) is 5.49. The van der Waals surface area contributed by atoms with Crippen LogP contribution in [0.25, 0.3) is 0 Å². The predicted molar refractivity (Wildman–Crippen MR) is 65.2 cm³/mol. The highest BCUT2D eigenvalue weighted by molar-refractivity contribution is 5.79. The molecule has 1 amide bonds. The summed E-state index contributed by atoms with van der Waals surface area (Å²) in [5.74, 6) is 0.646. The van der Waals surface area contributed by atoms with Crippen molar-refractivity contribution in [3.05, 3.63) is 0 Å². The highest BCUT2D eigenvalue weighted by atomic mass is 16.2. The van der Waals surface area contributed by atoms with Gasteiger partial charge in [-0.05, 0) is 32.9 Å². The molecular weight excluding hydrogens is 200 g/mol. The summed E-state index contributed by atoms with van der Waals surface area (Å²) >= 11 is 0. The average molecular weight is 224 g/mol. The van der Waals surface area contributed by atoms with E-state index >= 15 is 0 Å². The molecule has 1 heterocycles. The van der Waals surface area contributed by atoms with Crippen LogP contribution in [0.2, 0.25) is 0 Å². The van der Waals surface area contributed by atoms with Gasteiger partial charge in [0.15, 0.2) is 0 Å². The quantitative estimate of drug-likeness (QED) is 0.713. The fourth-order valence-corrected chi connectivity index (χ4v) is 3.07. The molecule has 2 fully saturated rings. The molecule has 1 unspecified atom stereocenters. The number of likely N-dealkylation sites (tertiary alicyclic amines) is 1. The highest BCUT2D eigenvalue weighted by Gasteiger charge is 2.31. The molecule has 0 aromatic heterocycles. The molecule has 2 aliphatic rings. The van der Waals surface area contributed by atoms with E-state index in [1.165, 1.54) is 32.1 Å². The molecular formula is C13H24N2O.